The van der Waals surface area contributed by atoms with Crippen LogP contribution in [-0.4, -0.2) is 0 Å². The van der Waals surface area contributed by atoms with E-state index in [1.807, 2.05) is 22.3 Å². The Kier molecular flexibility index (Phi) is 7.42. The molecular formula is C31H48. The van der Waals surface area contributed by atoms with Gasteiger partial charge in [0.05, 0.1) is 0 Å². The van der Waals surface area contributed by atoms with Crippen molar-refractivity contribution in [3.8, 4) is 0 Å². The second kappa shape index (κ2) is 10.4. The van der Waals surface area contributed by atoms with Gasteiger partial charge in [-0.05, 0) is 110 Å². The molecule has 4 fully saturated rings. The molecule has 0 aliphatic heterocycles. The van der Waals surface area contributed by atoms with Gasteiger partial charge in [-0.3, -0.25) is 0 Å². The van der Waals surface area contributed by atoms with Gasteiger partial charge < -0.3 is 0 Å². The molecule has 5 rings (SSSR count). The average Bonchev–Trinajstić information content (AvgIpc) is 2.86. The summed E-state index contributed by atoms with van der Waals surface area (Å²) in [5.74, 6) is 3.48. The predicted octanol–water partition coefficient (Wildman–Crippen LogP) is 10.2. The average molecular weight is 421 g/mol. The molecular weight excluding hydrogens is 372 g/mol. The number of hydrogen-bond acceptors (Lipinski definition) is 0. The molecule has 31 heavy (non-hydrogen) atoms. The Bertz CT molecular complexity index is 704. The van der Waals surface area contributed by atoms with Crippen LogP contribution in [0.25, 0.3) is 0 Å². The van der Waals surface area contributed by atoms with Gasteiger partial charge >= 0.3 is 0 Å². The molecule has 0 nitrogen and oxygen atoms in total. The lowest BCUT2D eigenvalue weighted by molar-refractivity contribution is 0.399. The van der Waals surface area contributed by atoms with Crippen LogP contribution in [0, 0.1) is 6.92 Å². The van der Waals surface area contributed by atoms with Gasteiger partial charge in [0.1, 0.15) is 0 Å². The van der Waals surface area contributed by atoms with Gasteiger partial charge in [-0.25, -0.2) is 0 Å². The Balaban J connectivity index is 1.65. The highest BCUT2D eigenvalue weighted by Gasteiger charge is 2.33. The summed E-state index contributed by atoms with van der Waals surface area (Å²) >= 11 is 0. The number of rotatable bonds is 4. The molecule has 0 saturated heterocycles. The maximum atomic E-state index is 2.84. The largest absolute Gasteiger partial charge is 0.0547 e. The SMILES string of the molecule is Cc1c(C2CCCCC2)cc(C2CCCCC2)c(C2CCCCC2)c1C1CCCCC1. The molecule has 0 atom stereocenters. The van der Waals surface area contributed by atoms with E-state index in [-0.39, 0.29) is 0 Å². The van der Waals surface area contributed by atoms with Crippen LogP contribution in [-0.2, 0) is 0 Å². The predicted molar refractivity (Wildman–Crippen MR) is 134 cm³/mol. The fourth-order valence-corrected chi connectivity index (χ4v) is 8.22. The minimum Gasteiger partial charge on any atom is -0.0547 e. The molecule has 1 aromatic carbocycles. The van der Waals surface area contributed by atoms with Crippen LogP contribution in [0.1, 0.15) is 180 Å². The Morgan fingerprint density at radius 1 is 0.419 bits per heavy atom. The van der Waals surface area contributed by atoms with E-state index in [4.69, 9.17) is 0 Å². The van der Waals surface area contributed by atoms with Crippen molar-refractivity contribution in [1.29, 1.82) is 0 Å². The van der Waals surface area contributed by atoms with Gasteiger partial charge in [-0.15, -0.1) is 0 Å². The lowest BCUT2D eigenvalue weighted by Gasteiger charge is -2.38. The molecule has 172 valence electrons. The standard InChI is InChI=1S/C31H48/c1-23-28(24-14-6-2-7-15-24)22-29(25-16-8-3-9-17-25)31(27-20-12-5-13-21-27)30(23)26-18-10-4-11-19-26/h22,24-27H,2-21H2,1H3. The first-order chi connectivity index (χ1) is 15.3. The summed E-state index contributed by atoms with van der Waals surface area (Å²) in [4.78, 5) is 0. The molecule has 0 heterocycles. The van der Waals surface area contributed by atoms with Crippen molar-refractivity contribution in [2.75, 3.05) is 0 Å². The van der Waals surface area contributed by atoms with E-state index in [0.717, 1.165) is 23.7 Å². The van der Waals surface area contributed by atoms with Gasteiger partial charge in [0.15, 0.2) is 0 Å². The van der Waals surface area contributed by atoms with Crippen LogP contribution in [0.15, 0.2) is 6.07 Å². The van der Waals surface area contributed by atoms with Gasteiger partial charge in [0, 0.05) is 0 Å². The summed E-state index contributed by atoms with van der Waals surface area (Å²) in [5, 5.41) is 0. The quantitative estimate of drug-likeness (QED) is 0.454. The third-order valence-electron chi connectivity index (χ3n) is 9.87. The number of hydrogen-bond donors (Lipinski definition) is 0. The zero-order chi connectivity index (χ0) is 21.0. The van der Waals surface area contributed by atoms with Crippen molar-refractivity contribution in [1.82, 2.24) is 0 Å². The summed E-state index contributed by atoms with van der Waals surface area (Å²) in [5.41, 5.74) is 9.35. The van der Waals surface area contributed by atoms with E-state index in [2.05, 4.69) is 13.0 Å². The highest BCUT2D eigenvalue weighted by molar-refractivity contribution is 5.52. The molecule has 0 N–H and O–H groups in total. The second-order valence-corrected chi connectivity index (χ2v) is 11.8. The lowest BCUT2D eigenvalue weighted by atomic mass is 9.67. The smallest absolute Gasteiger partial charge is 0.0156 e. The monoisotopic (exact) mass is 420 g/mol. The second-order valence-electron chi connectivity index (χ2n) is 11.8. The Hall–Kier alpha value is -0.780. The molecule has 4 aliphatic rings. The van der Waals surface area contributed by atoms with Gasteiger partial charge in [0.2, 0.25) is 0 Å². The zero-order valence-electron chi connectivity index (χ0n) is 20.5. The minimum absolute atomic E-state index is 0.860. The topological polar surface area (TPSA) is 0 Å². The molecule has 0 heteroatoms. The third kappa shape index (κ3) is 4.79. The molecule has 0 bridgehead atoms. The Labute approximate surface area is 193 Å². The number of benzene rings is 1. The summed E-state index contributed by atoms with van der Waals surface area (Å²) in [7, 11) is 0. The van der Waals surface area contributed by atoms with Crippen molar-refractivity contribution in [2.24, 2.45) is 0 Å². The molecule has 4 saturated carbocycles. The first kappa shape index (κ1) is 22.0. The van der Waals surface area contributed by atoms with Crippen LogP contribution in [0.3, 0.4) is 0 Å². The Morgan fingerprint density at radius 3 is 1.23 bits per heavy atom. The zero-order valence-corrected chi connectivity index (χ0v) is 20.5. The van der Waals surface area contributed by atoms with E-state index in [1.165, 1.54) is 128 Å². The van der Waals surface area contributed by atoms with E-state index in [9.17, 15) is 0 Å². The van der Waals surface area contributed by atoms with Crippen LogP contribution < -0.4 is 0 Å². The van der Waals surface area contributed by atoms with E-state index in [1.54, 1.807) is 5.56 Å². The summed E-state index contributed by atoms with van der Waals surface area (Å²) in [6.45, 7) is 2.57. The molecule has 0 amide bonds. The highest BCUT2D eigenvalue weighted by Crippen LogP contribution is 2.50. The van der Waals surface area contributed by atoms with Gasteiger partial charge in [0.25, 0.3) is 0 Å². The highest BCUT2D eigenvalue weighted by atomic mass is 14.4. The van der Waals surface area contributed by atoms with Gasteiger partial charge in [-0.2, -0.15) is 0 Å². The fourth-order valence-electron chi connectivity index (χ4n) is 8.22. The van der Waals surface area contributed by atoms with Crippen molar-refractivity contribution >= 4 is 0 Å². The minimum atomic E-state index is 0.860. The van der Waals surface area contributed by atoms with Crippen molar-refractivity contribution in [3.63, 3.8) is 0 Å². The van der Waals surface area contributed by atoms with E-state index < -0.39 is 0 Å². The van der Waals surface area contributed by atoms with Crippen LogP contribution in [0.2, 0.25) is 0 Å². The van der Waals surface area contributed by atoms with Crippen LogP contribution >= 0.6 is 0 Å². The summed E-state index contributed by atoms with van der Waals surface area (Å²) < 4.78 is 0. The summed E-state index contributed by atoms with van der Waals surface area (Å²) in [6.07, 6.45) is 29.4. The van der Waals surface area contributed by atoms with E-state index in [0.29, 0.717) is 0 Å². The molecule has 4 aliphatic carbocycles. The lowest BCUT2D eigenvalue weighted by Crippen LogP contribution is -2.21. The maximum Gasteiger partial charge on any atom is -0.0156 e. The normalized spacial score (nSPS) is 25.7. The fraction of sp³-hybridized carbons (Fsp3) is 0.806. The molecule has 1 aromatic rings. The van der Waals surface area contributed by atoms with Gasteiger partial charge in [-0.1, -0.05) is 83.1 Å². The third-order valence-corrected chi connectivity index (χ3v) is 9.87. The summed E-state index contributed by atoms with van der Waals surface area (Å²) in [6, 6.07) is 2.84. The molecule has 0 radical (unpaired) electrons. The van der Waals surface area contributed by atoms with Crippen molar-refractivity contribution in [2.45, 2.75) is 159 Å². The molecule has 0 unspecified atom stereocenters. The first-order valence-electron chi connectivity index (χ1n) is 14.5. The van der Waals surface area contributed by atoms with Crippen molar-refractivity contribution in [3.05, 3.63) is 33.9 Å². The molecule has 0 spiro atoms. The Morgan fingerprint density at radius 2 is 0.774 bits per heavy atom. The van der Waals surface area contributed by atoms with Crippen molar-refractivity contribution < 1.29 is 0 Å². The first-order valence-corrected chi connectivity index (χ1v) is 14.5. The van der Waals surface area contributed by atoms with E-state index >= 15 is 0 Å². The van der Waals surface area contributed by atoms with Crippen LogP contribution in [0.4, 0.5) is 0 Å². The van der Waals surface area contributed by atoms with Crippen LogP contribution in [0.5, 0.6) is 0 Å². The molecule has 0 aromatic heterocycles. The maximum absolute atomic E-state index is 2.84.